The molecule has 1 fully saturated rings. The molecule has 2 amide bonds. The number of hydrogen-bond donors (Lipinski definition) is 1. The number of hydrogen-bond acceptors (Lipinski definition) is 5. The molecule has 0 aliphatic carbocycles. The van der Waals surface area contributed by atoms with E-state index in [1.165, 1.54) is 18.2 Å². The number of benzene rings is 2. The topological polar surface area (TPSA) is 77.1 Å². The first kappa shape index (κ1) is 24.2. The Hall–Kier alpha value is -3.43. The Morgan fingerprint density at radius 3 is 2.52 bits per heavy atom. The van der Waals surface area contributed by atoms with Crippen LogP contribution in [0.3, 0.4) is 0 Å². The summed E-state index contributed by atoms with van der Waals surface area (Å²) in [5.74, 6) is -0.102. The zero-order valence-corrected chi connectivity index (χ0v) is 18.3. The number of para-hydroxylation sites is 2. The van der Waals surface area contributed by atoms with Gasteiger partial charge in [-0.2, -0.15) is 13.2 Å². The molecular weight excluding hydrogens is 441 g/mol. The van der Waals surface area contributed by atoms with Crippen LogP contribution in [0.1, 0.15) is 12.0 Å². The monoisotopic (exact) mass is 466 g/mol. The Morgan fingerprint density at radius 1 is 1.09 bits per heavy atom. The Morgan fingerprint density at radius 2 is 1.82 bits per heavy atom. The molecule has 1 aliphatic rings. The van der Waals surface area contributed by atoms with Crippen LogP contribution in [0, 0.1) is 5.92 Å². The lowest BCUT2D eigenvalue weighted by Crippen LogP contribution is -2.30. The molecule has 1 aliphatic heterocycles. The molecule has 7 nitrogen and oxygen atoms in total. The summed E-state index contributed by atoms with van der Waals surface area (Å²) >= 11 is 0. The van der Waals surface area contributed by atoms with E-state index < -0.39 is 24.6 Å². The maximum absolute atomic E-state index is 12.7. The third kappa shape index (κ3) is 6.53. The van der Waals surface area contributed by atoms with Crippen LogP contribution in [0.5, 0.6) is 17.2 Å². The van der Waals surface area contributed by atoms with Crippen molar-refractivity contribution >= 4 is 17.5 Å². The first-order valence-electron chi connectivity index (χ1n) is 10.3. The van der Waals surface area contributed by atoms with Gasteiger partial charge in [0, 0.05) is 19.5 Å². The van der Waals surface area contributed by atoms with Crippen LogP contribution in [-0.2, 0) is 16.0 Å². The van der Waals surface area contributed by atoms with E-state index in [1.54, 1.807) is 31.3 Å². The number of methoxy groups -OCH3 is 2. The van der Waals surface area contributed by atoms with Gasteiger partial charge < -0.3 is 24.4 Å². The number of nitrogens with one attached hydrogen (secondary N) is 1. The van der Waals surface area contributed by atoms with Gasteiger partial charge in [-0.1, -0.05) is 18.2 Å². The normalized spacial score (nSPS) is 16.0. The number of rotatable bonds is 9. The highest BCUT2D eigenvalue weighted by molar-refractivity contribution is 5.98. The fourth-order valence-electron chi connectivity index (χ4n) is 3.55. The van der Waals surface area contributed by atoms with Gasteiger partial charge in [-0.15, -0.1) is 0 Å². The molecule has 0 radical (unpaired) electrons. The summed E-state index contributed by atoms with van der Waals surface area (Å²) < 4.78 is 52.7. The third-order valence-electron chi connectivity index (χ3n) is 5.24. The van der Waals surface area contributed by atoms with Gasteiger partial charge in [0.05, 0.1) is 25.8 Å². The standard InChI is InChI=1S/C23H25F3N2O5/c1-31-19-8-7-15(11-20(19)32-2)9-10-28-13-16(12-21(28)29)22(30)27-17-5-3-4-6-18(17)33-14-23(24,25)26/h3-8,11,16H,9-10,12-14H2,1-2H3,(H,27,30). The van der Waals surface area contributed by atoms with Crippen LogP contribution in [0.15, 0.2) is 42.5 Å². The average Bonchev–Trinajstić information content (AvgIpc) is 3.17. The van der Waals surface area contributed by atoms with Crippen LogP contribution in [-0.4, -0.2) is 56.8 Å². The minimum Gasteiger partial charge on any atom is -0.493 e. The number of carbonyl (C=O) groups is 2. The van der Waals surface area contributed by atoms with Crippen LogP contribution < -0.4 is 19.5 Å². The predicted octanol–water partition coefficient (Wildman–Crippen LogP) is 3.67. The molecule has 0 spiro atoms. The van der Waals surface area contributed by atoms with Crippen molar-refractivity contribution in [1.82, 2.24) is 4.90 Å². The quantitative estimate of drug-likeness (QED) is 0.610. The first-order chi connectivity index (χ1) is 15.7. The number of halogens is 3. The zero-order valence-electron chi connectivity index (χ0n) is 18.3. The van der Waals surface area contributed by atoms with Crippen molar-refractivity contribution in [3.05, 3.63) is 48.0 Å². The van der Waals surface area contributed by atoms with Crippen LogP contribution in [0.4, 0.5) is 18.9 Å². The highest BCUT2D eigenvalue weighted by Gasteiger charge is 2.34. The van der Waals surface area contributed by atoms with Gasteiger partial charge in [0.1, 0.15) is 5.75 Å². The molecule has 178 valence electrons. The van der Waals surface area contributed by atoms with Crippen molar-refractivity contribution in [2.24, 2.45) is 5.92 Å². The van der Waals surface area contributed by atoms with E-state index in [-0.39, 0.29) is 30.3 Å². The SMILES string of the molecule is COc1ccc(CCN2CC(C(=O)Nc3ccccc3OCC(F)(F)F)CC2=O)cc1OC. The van der Waals surface area contributed by atoms with Crippen molar-refractivity contribution in [3.63, 3.8) is 0 Å². The molecular formula is C23H25F3N2O5. The van der Waals surface area contributed by atoms with Gasteiger partial charge in [-0.05, 0) is 36.2 Å². The maximum Gasteiger partial charge on any atom is 0.422 e. The Labute approximate surface area is 189 Å². The highest BCUT2D eigenvalue weighted by Crippen LogP contribution is 2.29. The minimum absolute atomic E-state index is 0.0311. The second kappa shape index (κ2) is 10.5. The van der Waals surface area contributed by atoms with E-state index in [4.69, 9.17) is 14.2 Å². The lowest BCUT2D eigenvalue weighted by atomic mass is 10.1. The number of anilines is 1. The predicted molar refractivity (Wildman–Crippen MR) is 115 cm³/mol. The molecule has 1 saturated heterocycles. The molecule has 10 heteroatoms. The lowest BCUT2D eigenvalue weighted by molar-refractivity contribution is -0.153. The number of alkyl halides is 3. The molecule has 33 heavy (non-hydrogen) atoms. The molecule has 1 atom stereocenters. The summed E-state index contributed by atoms with van der Waals surface area (Å²) in [5.41, 5.74) is 1.08. The molecule has 1 N–H and O–H groups in total. The number of likely N-dealkylation sites (tertiary alicyclic amines) is 1. The molecule has 0 aromatic heterocycles. The summed E-state index contributed by atoms with van der Waals surface area (Å²) in [5, 5.41) is 2.59. The van der Waals surface area contributed by atoms with E-state index in [1.807, 2.05) is 12.1 Å². The molecule has 1 unspecified atom stereocenters. The van der Waals surface area contributed by atoms with Gasteiger partial charge in [0.2, 0.25) is 11.8 Å². The highest BCUT2D eigenvalue weighted by atomic mass is 19.4. The second-order valence-electron chi connectivity index (χ2n) is 7.57. The Balaban J connectivity index is 1.58. The molecule has 3 rings (SSSR count). The van der Waals surface area contributed by atoms with E-state index in [0.717, 1.165) is 5.56 Å². The smallest absolute Gasteiger partial charge is 0.422 e. The summed E-state index contributed by atoms with van der Waals surface area (Å²) in [7, 11) is 3.09. The maximum atomic E-state index is 12.7. The summed E-state index contributed by atoms with van der Waals surface area (Å²) in [6.07, 6.45) is -3.90. The fraction of sp³-hybridized carbons (Fsp3) is 0.391. The number of ether oxygens (including phenoxy) is 3. The largest absolute Gasteiger partial charge is 0.493 e. The van der Waals surface area contributed by atoms with E-state index >= 15 is 0 Å². The fourth-order valence-corrected chi connectivity index (χ4v) is 3.55. The summed E-state index contributed by atoms with van der Waals surface area (Å²) in [6.45, 7) is -0.821. The first-order valence-corrected chi connectivity index (χ1v) is 10.3. The van der Waals surface area contributed by atoms with Crippen molar-refractivity contribution in [2.45, 2.75) is 19.0 Å². The van der Waals surface area contributed by atoms with Crippen molar-refractivity contribution in [2.75, 3.05) is 39.2 Å². The molecule has 2 aromatic carbocycles. The van der Waals surface area contributed by atoms with E-state index in [9.17, 15) is 22.8 Å². The summed E-state index contributed by atoms with van der Waals surface area (Å²) in [6, 6.07) is 11.4. The number of carbonyl (C=O) groups excluding carboxylic acids is 2. The van der Waals surface area contributed by atoms with Gasteiger partial charge >= 0.3 is 6.18 Å². The average molecular weight is 466 g/mol. The Kier molecular flexibility index (Phi) is 7.67. The van der Waals surface area contributed by atoms with Gasteiger partial charge in [0.25, 0.3) is 0 Å². The van der Waals surface area contributed by atoms with E-state index in [2.05, 4.69) is 5.32 Å². The number of nitrogens with zero attached hydrogens (tertiary/aromatic N) is 1. The second-order valence-corrected chi connectivity index (χ2v) is 7.57. The van der Waals surface area contributed by atoms with Gasteiger partial charge in [-0.3, -0.25) is 9.59 Å². The molecule has 2 aromatic rings. The molecule has 0 saturated carbocycles. The Bertz CT molecular complexity index is 996. The zero-order chi connectivity index (χ0) is 24.0. The minimum atomic E-state index is -4.50. The molecule has 1 heterocycles. The van der Waals surface area contributed by atoms with Crippen LogP contribution >= 0.6 is 0 Å². The van der Waals surface area contributed by atoms with Crippen molar-refractivity contribution in [3.8, 4) is 17.2 Å². The summed E-state index contributed by atoms with van der Waals surface area (Å²) in [4.78, 5) is 26.7. The number of amides is 2. The lowest BCUT2D eigenvalue weighted by Gasteiger charge is -2.18. The van der Waals surface area contributed by atoms with Crippen molar-refractivity contribution in [1.29, 1.82) is 0 Å². The molecule has 0 bridgehead atoms. The van der Waals surface area contributed by atoms with Gasteiger partial charge in [0.15, 0.2) is 18.1 Å². The van der Waals surface area contributed by atoms with E-state index in [0.29, 0.717) is 24.5 Å². The van der Waals surface area contributed by atoms with Crippen LogP contribution in [0.25, 0.3) is 0 Å². The van der Waals surface area contributed by atoms with Gasteiger partial charge in [-0.25, -0.2) is 0 Å². The van der Waals surface area contributed by atoms with Crippen LogP contribution in [0.2, 0.25) is 0 Å². The third-order valence-corrected chi connectivity index (χ3v) is 5.24. The van der Waals surface area contributed by atoms with Crippen molar-refractivity contribution < 1.29 is 37.0 Å².